The Morgan fingerprint density at radius 1 is 1.42 bits per heavy atom. The standard InChI is InChI=1S/C14H15NO2S2/c1-3-15-13(16)12(19-14(15)18)9-10-6-5-7-11(8-10)17-4-2/h5-9H,3-4H2,1-2H3/b12-9-. The van der Waals surface area contributed by atoms with Crippen LogP contribution in [0.15, 0.2) is 29.2 Å². The number of hydrogen-bond acceptors (Lipinski definition) is 4. The van der Waals surface area contributed by atoms with Crippen LogP contribution in [-0.2, 0) is 4.79 Å². The molecule has 3 nitrogen and oxygen atoms in total. The Hall–Kier alpha value is -1.33. The fourth-order valence-corrected chi connectivity index (χ4v) is 3.17. The molecule has 0 unspecified atom stereocenters. The molecule has 1 heterocycles. The molecule has 0 saturated carbocycles. The maximum Gasteiger partial charge on any atom is 0.266 e. The van der Waals surface area contributed by atoms with Crippen molar-refractivity contribution in [3.63, 3.8) is 0 Å². The molecule has 1 aromatic carbocycles. The van der Waals surface area contributed by atoms with Crippen LogP contribution in [-0.4, -0.2) is 28.3 Å². The summed E-state index contributed by atoms with van der Waals surface area (Å²) in [5.74, 6) is 0.793. The van der Waals surface area contributed by atoms with Gasteiger partial charge >= 0.3 is 0 Å². The van der Waals surface area contributed by atoms with Crippen molar-refractivity contribution in [2.75, 3.05) is 13.2 Å². The van der Waals surface area contributed by atoms with Crippen molar-refractivity contribution in [2.24, 2.45) is 0 Å². The number of likely N-dealkylation sites (N-methyl/N-ethyl adjacent to an activating group) is 1. The zero-order chi connectivity index (χ0) is 13.8. The SMILES string of the molecule is CCOc1cccc(/C=C2\SC(=S)N(CC)C2=O)c1. The lowest BCUT2D eigenvalue weighted by Gasteiger charge is -2.09. The molecule has 1 aromatic rings. The molecule has 100 valence electrons. The van der Waals surface area contributed by atoms with E-state index in [0.29, 0.717) is 22.4 Å². The zero-order valence-electron chi connectivity index (χ0n) is 10.9. The molecule has 19 heavy (non-hydrogen) atoms. The van der Waals surface area contributed by atoms with Crippen LogP contribution in [0.5, 0.6) is 5.75 Å². The van der Waals surface area contributed by atoms with Gasteiger partial charge in [-0.2, -0.15) is 0 Å². The molecule has 1 saturated heterocycles. The first-order chi connectivity index (χ1) is 9.15. The molecule has 0 spiro atoms. The normalized spacial score (nSPS) is 17.4. The number of thioether (sulfide) groups is 1. The summed E-state index contributed by atoms with van der Waals surface area (Å²) >= 11 is 6.53. The predicted octanol–water partition coefficient (Wildman–Crippen LogP) is 3.31. The maximum absolute atomic E-state index is 12.1. The molecule has 0 bridgehead atoms. The summed E-state index contributed by atoms with van der Waals surface area (Å²) in [4.78, 5) is 14.4. The second-order valence-electron chi connectivity index (χ2n) is 3.93. The summed E-state index contributed by atoms with van der Waals surface area (Å²) in [5, 5.41) is 0. The largest absolute Gasteiger partial charge is 0.494 e. The summed E-state index contributed by atoms with van der Waals surface area (Å²) in [6.07, 6.45) is 1.86. The summed E-state index contributed by atoms with van der Waals surface area (Å²) in [6.45, 7) is 5.10. The highest BCUT2D eigenvalue weighted by Gasteiger charge is 2.30. The van der Waals surface area contributed by atoms with Gasteiger partial charge in [0, 0.05) is 6.54 Å². The fraction of sp³-hybridized carbons (Fsp3) is 0.286. The fourth-order valence-electron chi connectivity index (χ4n) is 1.78. The van der Waals surface area contributed by atoms with Crippen LogP contribution in [0.1, 0.15) is 19.4 Å². The van der Waals surface area contributed by atoms with Crippen molar-refractivity contribution >= 4 is 40.3 Å². The second kappa shape index (κ2) is 6.21. The highest BCUT2D eigenvalue weighted by Crippen LogP contribution is 2.32. The highest BCUT2D eigenvalue weighted by atomic mass is 32.2. The number of rotatable bonds is 4. The molecule has 0 aliphatic carbocycles. The van der Waals surface area contributed by atoms with Gasteiger partial charge < -0.3 is 4.74 Å². The Morgan fingerprint density at radius 2 is 2.21 bits per heavy atom. The number of ether oxygens (including phenoxy) is 1. The first kappa shape index (κ1) is 14.1. The van der Waals surface area contributed by atoms with Crippen molar-refractivity contribution in [1.82, 2.24) is 4.90 Å². The molecule has 1 fully saturated rings. The quantitative estimate of drug-likeness (QED) is 0.629. The van der Waals surface area contributed by atoms with Gasteiger partial charge in [-0.15, -0.1) is 0 Å². The van der Waals surface area contributed by atoms with Crippen molar-refractivity contribution in [1.29, 1.82) is 0 Å². The van der Waals surface area contributed by atoms with E-state index >= 15 is 0 Å². The van der Waals surface area contributed by atoms with E-state index in [1.807, 2.05) is 44.2 Å². The number of hydrogen-bond donors (Lipinski definition) is 0. The van der Waals surface area contributed by atoms with E-state index in [0.717, 1.165) is 11.3 Å². The average Bonchev–Trinajstić information content (AvgIpc) is 2.65. The van der Waals surface area contributed by atoms with Crippen molar-refractivity contribution in [3.05, 3.63) is 34.7 Å². The summed E-state index contributed by atoms with van der Waals surface area (Å²) in [7, 11) is 0. The van der Waals surface area contributed by atoms with Crippen molar-refractivity contribution in [2.45, 2.75) is 13.8 Å². The summed E-state index contributed by atoms with van der Waals surface area (Å²) in [5.41, 5.74) is 0.947. The van der Waals surface area contributed by atoms with Gasteiger partial charge in [-0.05, 0) is 37.6 Å². The Balaban J connectivity index is 2.24. The summed E-state index contributed by atoms with van der Waals surface area (Å²) < 4.78 is 6.07. The molecule has 0 radical (unpaired) electrons. The predicted molar refractivity (Wildman–Crippen MR) is 83.2 cm³/mol. The van der Waals surface area contributed by atoms with Gasteiger partial charge in [0.15, 0.2) is 0 Å². The monoisotopic (exact) mass is 293 g/mol. The Morgan fingerprint density at radius 3 is 2.84 bits per heavy atom. The Bertz CT molecular complexity index is 540. The lowest BCUT2D eigenvalue weighted by molar-refractivity contribution is -0.121. The zero-order valence-corrected chi connectivity index (χ0v) is 12.5. The topological polar surface area (TPSA) is 29.5 Å². The average molecular weight is 293 g/mol. The number of nitrogens with zero attached hydrogens (tertiary/aromatic N) is 1. The second-order valence-corrected chi connectivity index (χ2v) is 5.61. The van der Waals surface area contributed by atoms with Crippen molar-refractivity contribution < 1.29 is 9.53 Å². The van der Waals surface area contributed by atoms with Gasteiger partial charge in [0.2, 0.25) is 0 Å². The van der Waals surface area contributed by atoms with Crippen LogP contribution in [0.2, 0.25) is 0 Å². The minimum Gasteiger partial charge on any atom is -0.494 e. The number of amides is 1. The van der Waals surface area contributed by atoms with Crippen LogP contribution < -0.4 is 4.74 Å². The van der Waals surface area contributed by atoms with Crippen LogP contribution in [0, 0.1) is 0 Å². The van der Waals surface area contributed by atoms with Crippen molar-refractivity contribution in [3.8, 4) is 5.75 Å². The molecule has 2 rings (SSSR count). The van der Waals surface area contributed by atoms with E-state index in [4.69, 9.17) is 17.0 Å². The molecule has 0 N–H and O–H groups in total. The number of thiocarbonyl (C=S) groups is 1. The minimum absolute atomic E-state index is 0.0145. The smallest absolute Gasteiger partial charge is 0.266 e. The van der Waals surface area contributed by atoms with E-state index in [1.54, 1.807) is 4.90 Å². The Kier molecular flexibility index (Phi) is 4.61. The van der Waals surface area contributed by atoms with E-state index in [-0.39, 0.29) is 5.91 Å². The molecule has 1 amide bonds. The van der Waals surface area contributed by atoms with Gasteiger partial charge in [0.1, 0.15) is 10.1 Å². The minimum atomic E-state index is -0.0145. The van der Waals surface area contributed by atoms with Crippen LogP contribution >= 0.6 is 24.0 Å². The van der Waals surface area contributed by atoms with Gasteiger partial charge in [-0.25, -0.2) is 0 Å². The van der Waals surface area contributed by atoms with E-state index in [9.17, 15) is 4.79 Å². The Labute approximate surface area is 122 Å². The van der Waals surface area contributed by atoms with Gasteiger partial charge in [0.25, 0.3) is 5.91 Å². The molecule has 1 aliphatic heterocycles. The van der Waals surface area contributed by atoms with Gasteiger partial charge in [-0.1, -0.05) is 36.1 Å². The molecule has 1 aliphatic rings. The summed E-state index contributed by atoms with van der Waals surface area (Å²) in [6, 6.07) is 7.68. The first-order valence-corrected chi connectivity index (χ1v) is 7.36. The number of benzene rings is 1. The van der Waals surface area contributed by atoms with Gasteiger partial charge in [-0.3, -0.25) is 9.69 Å². The third-order valence-electron chi connectivity index (χ3n) is 2.66. The van der Waals surface area contributed by atoms with E-state index < -0.39 is 0 Å². The third kappa shape index (κ3) is 3.16. The number of carbonyl (C=O) groups excluding carboxylic acids is 1. The van der Waals surface area contributed by atoms with E-state index in [2.05, 4.69) is 0 Å². The van der Waals surface area contributed by atoms with Gasteiger partial charge in [0.05, 0.1) is 11.5 Å². The van der Waals surface area contributed by atoms with E-state index in [1.165, 1.54) is 11.8 Å². The molecule has 0 aromatic heterocycles. The van der Waals surface area contributed by atoms with Crippen LogP contribution in [0.3, 0.4) is 0 Å². The first-order valence-electron chi connectivity index (χ1n) is 6.14. The lowest BCUT2D eigenvalue weighted by Crippen LogP contribution is -2.27. The molecule has 0 atom stereocenters. The van der Waals surface area contributed by atoms with Crippen LogP contribution in [0.4, 0.5) is 0 Å². The molecular weight excluding hydrogens is 278 g/mol. The highest BCUT2D eigenvalue weighted by molar-refractivity contribution is 8.26. The lowest BCUT2D eigenvalue weighted by atomic mass is 10.2. The number of carbonyl (C=O) groups is 1. The molecular formula is C14H15NO2S2. The third-order valence-corrected chi connectivity index (χ3v) is 4.03. The van der Waals surface area contributed by atoms with Crippen LogP contribution in [0.25, 0.3) is 6.08 Å². The molecule has 5 heteroatoms. The maximum atomic E-state index is 12.1.